The van der Waals surface area contributed by atoms with Crippen molar-refractivity contribution in [2.75, 3.05) is 0 Å². The van der Waals surface area contributed by atoms with Gasteiger partial charge in [-0.2, -0.15) is 0 Å². The molecule has 0 aliphatic heterocycles. The lowest BCUT2D eigenvalue weighted by molar-refractivity contribution is -0.704. The Morgan fingerprint density at radius 3 is 1.33 bits per heavy atom. The highest BCUT2D eigenvalue weighted by molar-refractivity contribution is 4.84. The summed E-state index contributed by atoms with van der Waals surface area (Å²) in [7, 11) is 0. The smallest absolute Gasteiger partial charge is 0.234 e. The third-order valence-corrected chi connectivity index (χ3v) is 8.10. The third-order valence-electron chi connectivity index (χ3n) is 8.10. The minimum Gasteiger partial charge on any atom is -0.234 e. The van der Waals surface area contributed by atoms with Gasteiger partial charge in [0.2, 0.25) is 0 Å². The van der Waals surface area contributed by atoms with Crippen molar-refractivity contribution in [1.29, 1.82) is 0 Å². The van der Waals surface area contributed by atoms with Crippen LogP contribution < -0.4 is 4.57 Å². The normalized spacial score (nSPS) is 11.5. The molecule has 0 aromatic carbocycles. The van der Waals surface area contributed by atoms with Crippen LogP contribution in [0.25, 0.3) is 0 Å². The first kappa shape index (κ1) is 33.2. The van der Waals surface area contributed by atoms with Gasteiger partial charge in [-0.3, -0.25) is 0 Å². The maximum absolute atomic E-state index is 2.62. The lowest BCUT2D eigenvalue weighted by Crippen LogP contribution is -2.37. The highest BCUT2D eigenvalue weighted by Crippen LogP contribution is 2.14. The minimum absolute atomic E-state index is 1.23. The van der Waals surface area contributed by atoms with Gasteiger partial charge in [0.1, 0.15) is 12.4 Å². The van der Waals surface area contributed by atoms with E-state index in [1.807, 2.05) is 0 Å². The second-order valence-electron chi connectivity index (χ2n) is 11.6. The maximum atomic E-state index is 2.62. The third kappa shape index (κ3) is 18.5. The molecule has 0 unspecified atom stereocenters. The van der Waals surface area contributed by atoms with Gasteiger partial charge in [-0.05, 0) is 32.1 Å². The Balaban J connectivity index is 2.32. The van der Waals surface area contributed by atoms with Crippen LogP contribution in [0.4, 0.5) is 0 Å². The number of imidazole rings is 1. The van der Waals surface area contributed by atoms with Crippen molar-refractivity contribution in [3.8, 4) is 0 Å². The van der Waals surface area contributed by atoms with Crippen LogP contribution in [0.2, 0.25) is 0 Å². The van der Waals surface area contributed by atoms with Crippen molar-refractivity contribution in [3.63, 3.8) is 0 Å². The fourth-order valence-electron chi connectivity index (χ4n) is 5.62. The average molecular weight is 504 g/mol. The summed E-state index contributed by atoms with van der Waals surface area (Å²) in [6, 6.07) is 0. The van der Waals surface area contributed by atoms with Crippen LogP contribution in [-0.4, -0.2) is 4.57 Å². The summed E-state index contributed by atoms with van der Waals surface area (Å²) in [4.78, 5) is 0. The molecule has 0 saturated carbocycles. The van der Waals surface area contributed by atoms with Crippen LogP contribution in [-0.2, 0) is 19.5 Å². The van der Waals surface area contributed by atoms with Crippen LogP contribution in [0.3, 0.4) is 0 Å². The Morgan fingerprint density at radius 1 is 0.472 bits per heavy atom. The second kappa shape index (κ2) is 25.8. The van der Waals surface area contributed by atoms with Gasteiger partial charge in [0.15, 0.2) is 0 Å². The first-order valence-electron chi connectivity index (χ1n) is 16.9. The molecule has 0 bridgehead atoms. The number of aryl methyl sites for hydroxylation is 2. The van der Waals surface area contributed by atoms with Gasteiger partial charge >= 0.3 is 0 Å². The van der Waals surface area contributed by atoms with Crippen LogP contribution >= 0.6 is 0 Å². The number of hydrogen-bond acceptors (Lipinski definition) is 0. The molecule has 0 N–H and O–H groups in total. The van der Waals surface area contributed by atoms with Gasteiger partial charge in [-0.25, -0.2) is 9.13 Å². The van der Waals surface area contributed by atoms with Gasteiger partial charge in [-0.15, -0.1) is 0 Å². The summed E-state index contributed by atoms with van der Waals surface area (Å²) < 4.78 is 5.23. The van der Waals surface area contributed by atoms with E-state index in [0.717, 1.165) is 0 Å². The zero-order valence-electron chi connectivity index (χ0n) is 25.3. The van der Waals surface area contributed by atoms with Crippen LogP contribution in [0.1, 0.15) is 187 Å². The first-order valence-corrected chi connectivity index (χ1v) is 16.9. The second-order valence-corrected chi connectivity index (χ2v) is 11.6. The topological polar surface area (TPSA) is 8.81 Å². The predicted octanol–water partition coefficient (Wildman–Crippen LogP) is 11.1. The lowest BCUT2D eigenvalue weighted by Gasteiger charge is -2.07. The Hall–Kier alpha value is -0.790. The zero-order chi connectivity index (χ0) is 25.9. The molecule has 212 valence electrons. The minimum atomic E-state index is 1.23. The van der Waals surface area contributed by atoms with E-state index in [4.69, 9.17) is 0 Å². The zero-order valence-corrected chi connectivity index (χ0v) is 25.3. The number of rotatable bonds is 28. The van der Waals surface area contributed by atoms with Crippen LogP contribution in [0, 0.1) is 0 Å². The molecule has 0 atom stereocenters. The Morgan fingerprint density at radius 2 is 0.861 bits per heavy atom. The van der Waals surface area contributed by atoms with Crippen molar-refractivity contribution < 1.29 is 4.57 Å². The van der Waals surface area contributed by atoms with E-state index in [0.29, 0.717) is 0 Å². The highest BCUT2D eigenvalue weighted by atomic mass is 15.1. The molecule has 1 aromatic heterocycles. The summed E-state index contributed by atoms with van der Waals surface area (Å²) >= 11 is 0. The van der Waals surface area contributed by atoms with Gasteiger partial charge in [0, 0.05) is 6.42 Å². The molecule has 1 rings (SSSR count). The molecule has 1 heterocycles. The largest absolute Gasteiger partial charge is 0.256 e. The molecule has 0 fully saturated rings. The Bertz CT molecular complexity index is 562. The number of hydrogen-bond donors (Lipinski definition) is 0. The number of aromatic nitrogens is 2. The van der Waals surface area contributed by atoms with Gasteiger partial charge < -0.3 is 0 Å². The number of nitrogens with zero attached hydrogens (tertiary/aromatic N) is 2. The fraction of sp³-hybridized carbons (Fsp3) is 0.912. The summed E-state index contributed by atoms with van der Waals surface area (Å²) in [5.74, 6) is 1.61. The molecule has 0 aliphatic carbocycles. The van der Waals surface area contributed by atoms with Crippen LogP contribution in [0.15, 0.2) is 12.4 Å². The first-order chi connectivity index (χ1) is 17.8. The summed E-state index contributed by atoms with van der Waals surface area (Å²) in [5.41, 5.74) is 0. The van der Waals surface area contributed by atoms with Crippen molar-refractivity contribution in [2.45, 2.75) is 201 Å². The van der Waals surface area contributed by atoms with E-state index in [2.05, 4.69) is 42.3 Å². The molecule has 0 aliphatic rings. The maximum Gasteiger partial charge on any atom is 0.256 e. The average Bonchev–Trinajstić information content (AvgIpc) is 3.27. The molecule has 0 saturated heterocycles. The van der Waals surface area contributed by atoms with E-state index < -0.39 is 0 Å². The predicted molar refractivity (Wildman–Crippen MR) is 161 cm³/mol. The van der Waals surface area contributed by atoms with Crippen molar-refractivity contribution >= 4 is 0 Å². The molecular weight excluding hydrogens is 436 g/mol. The van der Waals surface area contributed by atoms with Crippen molar-refractivity contribution in [1.82, 2.24) is 4.57 Å². The summed E-state index contributed by atoms with van der Waals surface area (Å²) in [5, 5.41) is 0. The molecule has 36 heavy (non-hydrogen) atoms. The molecule has 2 heteroatoms. The van der Waals surface area contributed by atoms with E-state index in [-0.39, 0.29) is 0 Å². The Labute approximate surface area is 228 Å². The standard InChI is InChI=1S/C34H67N2/c1-4-7-10-13-16-17-18-19-22-25-28-31-36-33-32-35(30-27-24-21-15-12-9-6-3)34(36)29-26-23-20-14-11-8-5-2/h32-33H,4-31H2,1-3H3/q+1. The summed E-state index contributed by atoms with van der Waals surface area (Å²) in [6.45, 7) is 9.39. The fourth-order valence-corrected chi connectivity index (χ4v) is 5.62. The Kier molecular flexibility index (Phi) is 23.9. The van der Waals surface area contributed by atoms with Gasteiger partial charge in [0.05, 0.1) is 13.1 Å². The van der Waals surface area contributed by atoms with E-state index in [9.17, 15) is 0 Å². The quantitative estimate of drug-likeness (QED) is 0.0794. The van der Waals surface area contributed by atoms with Crippen LogP contribution in [0.5, 0.6) is 0 Å². The van der Waals surface area contributed by atoms with Gasteiger partial charge in [0.25, 0.3) is 5.82 Å². The van der Waals surface area contributed by atoms with Crippen molar-refractivity contribution in [2.24, 2.45) is 0 Å². The summed E-state index contributed by atoms with van der Waals surface area (Å²) in [6.07, 6.45) is 41.4. The molecule has 0 spiro atoms. The number of unbranched alkanes of at least 4 members (excludes halogenated alkanes) is 22. The molecular formula is C34H67N2+. The molecule has 0 amide bonds. The van der Waals surface area contributed by atoms with Crippen molar-refractivity contribution in [3.05, 3.63) is 18.2 Å². The highest BCUT2D eigenvalue weighted by Gasteiger charge is 2.16. The SMILES string of the molecule is CCCCCCCCCCCCCn1cc[n+](CCCCCCCCC)c1CCCCCCCCC. The van der Waals surface area contributed by atoms with E-state index in [1.54, 1.807) is 5.82 Å². The lowest BCUT2D eigenvalue weighted by atomic mass is 10.1. The van der Waals surface area contributed by atoms with E-state index in [1.165, 1.54) is 180 Å². The molecule has 0 radical (unpaired) electrons. The molecule has 2 nitrogen and oxygen atoms in total. The monoisotopic (exact) mass is 504 g/mol. The molecule has 1 aromatic rings. The van der Waals surface area contributed by atoms with E-state index >= 15 is 0 Å². The van der Waals surface area contributed by atoms with Gasteiger partial charge in [-0.1, -0.05) is 149 Å².